The van der Waals surface area contributed by atoms with Crippen molar-refractivity contribution in [2.75, 3.05) is 0 Å². The van der Waals surface area contributed by atoms with Gasteiger partial charge in [0.15, 0.2) is 11.6 Å². The third-order valence-corrected chi connectivity index (χ3v) is 13.4. The van der Waals surface area contributed by atoms with E-state index in [-0.39, 0.29) is 0 Å². The van der Waals surface area contributed by atoms with Crippen LogP contribution in [0.4, 0.5) is 0 Å². The number of benzene rings is 9. The molecule has 0 aliphatic heterocycles. The molecule has 6 nitrogen and oxygen atoms in total. The highest BCUT2D eigenvalue weighted by atomic mass is 16.3. The average Bonchev–Trinajstić information content (AvgIpc) is 4.09. The molecule has 13 aromatic rings. The van der Waals surface area contributed by atoms with Gasteiger partial charge < -0.3 is 8.98 Å². The lowest BCUT2D eigenvalue weighted by Gasteiger charge is -2.32. The Hall–Kier alpha value is -8.61. The predicted octanol–water partition coefficient (Wildman–Crippen LogP) is 14.0. The van der Waals surface area contributed by atoms with Crippen molar-refractivity contribution in [3.8, 4) is 34.2 Å². The number of nitrogens with zero attached hydrogens (tertiary/aromatic N) is 5. The maximum absolute atomic E-state index is 6.43. The van der Waals surface area contributed by atoms with E-state index >= 15 is 0 Å². The number of hydrogen-bond donors (Lipinski definition) is 0. The molecule has 0 amide bonds. The van der Waals surface area contributed by atoms with Gasteiger partial charge in [-0.25, -0.2) is 4.98 Å². The molecule has 0 saturated carbocycles. The molecule has 0 atom stereocenters. The standard InChI is InChI=1S/C58H35N5O/c1-2-16-38(17-3-1)62-49-26-12-6-22-43(49)44-32-30-36(34-52(44)62)55-59-56(61-57(60-55)63-50-27-13-7-20-41(50)42-21-8-14-28-51(42)63)58(47-24-10-4-18-39(47)40-19-5-11-25-48(40)58)37-31-33-54-46(35-37)45-23-9-15-29-53(45)64-54/h1-35H. The van der Waals surface area contributed by atoms with E-state index in [4.69, 9.17) is 19.4 Å². The van der Waals surface area contributed by atoms with Crippen LogP contribution in [0.1, 0.15) is 22.5 Å². The zero-order chi connectivity index (χ0) is 41.9. The van der Waals surface area contributed by atoms with Gasteiger partial charge in [-0.2, -0.15) is 9.97 Å². The number of furan rings is 1. The summed E-state index contributed by atoms with van der Waals surface area (Å²) in [5.74, 6) is 1.78. The molecule has 298 valence electrons. The fourth-order valence-electron chi connectivity index (χ4n) is 10.7. The third kappa shape index (κ3) is 4.76. The molecule has 9 aromatic carbocycles. The molecule has 4 aromatic heterocycles. The monoisotopic (exact) mass is 817 g/mol. The average molecular weight is 818 g/mol. The van der Waals surface area contributed by atoms with Crippen LogP contribution in [0.3, 0.4) is 0 Å². The lowest BCUT2D eigenvalue weighted by atomic mass is 9.71. The molecule has 6 heteroatoms. The second-order valence-electron chi connectivity index (χ2n) is 16.7. The van der Waals surface area contributed by atoms with Crippen molar-refractivity contribution in [2.24, 2.45) is 0 Å². The van der Waals surface area contributed by atoms with Crippen molar-refractivity contribution in [2.45, 2.75) is 5.41 Å². The number of hydrogen-bond acceptors (Lipinski definition) is 4. The molecule has 0 bridgehead atoms. The van der Waals surface area contributed by atoms with Gasteiger partial charge in [0.25, 0.3) is 0 Å². The minimum Gasteiger partial charge on any atom is -0.456 e. The normalized spacial score (nSPS) is 13.1. The lowest BCUT2D eigenvalue weighted by Crippen LogP contribution is -2.32. The Morgan fingerprint density at radius 2 is 0.922 bits per heavy atom. The second-order valence-corrected chi connectivity index (χ2v) is 16.7. The largest absolute Gasteiger partial charge is 0.456 e. The predicted molar refractivity (Wildman–Crippen MR) is 259 cm³/mol. The van der Waals surface area contributed by atoms with Crippen LogP contribution in [0, 0.1) is 0 Å². The molecule has 0 radical (unpaired) electrons. The SMILES string of the molecule is c1ccc(-n2c3ccccc3c3ccc(-c4nc(-n5c6ccccc6c6ccccc65)nc(C5(c6ccc7oc8ccccc8c7c6)c6ccccc6-c6ccccc65)n4)cc32)cc1. The third-order valence-electron chi connectivity index (χ3n) is 13.4. The Morgan fingerprint density at radius 3 is 1.61 bits per heavy atom. The fraction of sp³-hybridized carbons (Fsp3) is 0.0172. The van der Waals surface area contributed by atoms with Crippen LogP contribution in [0.25, 0.3) is 99.7 Å². The van der Waals surface area contributed by atoms with Crippen molar-refractivity contribution in [1.82, 2.24) is 24.1 Å². The molecule has 0 fully saturated rings. The first-order valence-corrected chi connectivity index (χ1v) is 21.7. The Kier molecular flexibility index (Phi) is 7.22. The first-order chi connectivity index (χ1) is 31.7. The number of fused-ring (bicyclic) bond motifs is 12. The Balaban J connectivity index is 1.13. The highest BCUT2D eigenvalue weighted by Crippen LogP contribution is 2.56. The van der Waals surface area contributed by atoms with E-state index in [1.54, 1.807) is 0 Å². The summed E-state index contributed by atoms with van der Waals surface area (Å²) in [7, 11) is 0. The van der Waals surface area contributed by atoms with Gasteiger partial charge in [-0.1, -0.05) is 158 Å². The van der Waals surface area contributed by atoms with Crippen molar-refractivity contribution >= 4 is 65.6 Å². The molecular formula is C58H35N5O. The van der Waals surface area contributed by atoms with Crippen molar-refractivity contribution in [3.05, 3.63) is 235 Å². The van der Waals surface area contributed by atoms with E-state index in [1.165, 1.54) is 5.39 Å². The first kappa shape index (κ1) is 35.0. The maximum atomic E-state index is 6.43. The quantitative estimate of drug-likeness (QED) is 0.174. The van der Waals surface area contributed by atoms with Crippen LogP contribution in [-0.2, 0) is 5.41 Å². The van der Waals surface area contributed by atoms with Gasteiger partial charge in [0.05, 0.1) is 22.1 Å². The number of para-hydroxylation sites is 5. The molecular weight excluding hydrogens is 783 g/mol. The summed E-state index contributed by atoms with van der Waals surface area (Å²) in [5, 5.41) is 6.74. The highest BCUT2D eigenvalue weighted by molar-refractivity contribution is 6.11. The van der Waals surface area contributed by atoms with E-state index in [1.807, 2.05) is 12.1 Å². The van der Waals surface area contributed by atoms with Gasteiger partial charge >= 0.3 is 0 Å². The summed E-state index contributed by atoms with van der Waals surface area (Å²) in [5.41, 5.74) is 12.6. The molecule has 0 unspecified atom stereocenters. The molecule has 0 saturated heterocycles. The van der Waals surface area contributed by atoms with Gasteiger partial charge in [-0.3, -0.25) is 4.57 Å². The summed E-state index contributed by atoms with van der Waals surface area (Å²) >= 11 is 0. The van der Waals surface area contributed by atoms with Crippen molar-refractivity contribution < 1.29 is 4.42 Å². The van der Waals surface area contributed by atoms with Crippen molar-refractivity contribution in [1.29, 1.82) is 0 Å². The highest BCUT2D eigenvalue weighted by Gasteiger charge is 2.49. The first-order valence-electron chi connectivity index (χ1n) is 21.7. The summed E-state index contributed by atoms with van der Waals surface area (Å²) in [6.07, 6.45) is 0. The number of aromatic nitrogens is 5. The van der Waals surface area contributed by atoms with Gasteiger partial charge in [-0.05, 0) is 82.4 Å². The van der Waals surface area contributed by atoms with E-state index in [0.717, 1.165) is 99.2 Å². The minimum absolute atomic E-state index is 0.553. The maximum Gasteiger partial charge on any atom is 0.238 e. The molecule has 14 rings (SSSR count). The van der Waals surface area contributed by atoms with E-state index < -0.39 is 5.41 Å². The van der Waals surface area contributed by atoms with Gasteiger partial charge in [-0.15, -0.1) is 0 Å². The molecule has 0 N–H and O–H groups in total. The van der Waals surface area contributed by atoms with Crippen LogP contribution >= 0.6 is 0 Å². The smallest absolute Gasteiger partial charge is 0.238 e. The summed E-state index contributed by atoms with van der Waals surface area (Å²) in [6.45, 7) is 0. The van der Waals surface area contributed by atoms with Crippen molar-refractivity contribution in [3.63, 3.8) is 0 Å². The second kappa shape index (κ2) is 13.2. The van der Waals surface area contributed by atoms with Gasteiger partial charge in [0.2, 0.25) is 5.95 Å². The number of rotatable bonds is 5. The zero-order valence-corrected chi connectivity index (χ0v) is 34.4. The topological polar surface area (TPSA) is 61.7 Å². The lowest BCUT2D eigenvalue weighted by molar-refractivity contribution is 0.665. The van der Waals surface area contributed by atoms with Crippen LogP contribution in [0.15, 0.2) is 217 Å². The van der Waals surface area contributed by atoms with Crippen LogP contribution in [0.5, 0.6) is 0 Å². The summed E-state index contributed by atoms with van der Waals surface area (Å²) in [4.78, 5) is 17.0. The fourth-order valence-corrected chi connectivity index (χ4v) is 10.7. The molecule has 4 heterocycles. The molecule has 1 aliphatic rings. The summed E-state index contributed by atoms with van der Waals surface area (Å²) in [6, 6.07) is 75.3. The zero-order valence-electron chi connectivity index (χ0n) is 34.4. The van der Waals surface area contributed by atoms with Gasteiger partial charge in [0.1, 0.15) is 16.6 Å². The Morgan fingerprint density at radius 1 is 0.375 bits per heavy atom. The van der Waals surface area contributed by atoms with E-state index in [2.05, 4.69) is 209 Å². The van der Waals surface area contributed by atoms with Gasteiger partial charge in [0, 0.05) is 43.6 Å². The van der Waals surface area contributed by atoms with E-state index in [9.17, 15) is 0 Å². The minimum atomic E-state index is -0.937. The Labute approximate surface area is 367 Å². The Bertz CT molecular complexity index is 3940. The van der Waals surface area contributed by atoms with E-state index in [0.29, 0.717) is 17.6 Å². The summed E-state index contributed by atoms with van der Waals surface area (Å²) < 4.78 is 11.0. The molecule has 64 heavy (non-hydrogen) atoms. The van der Waals surface area contributed by atoms with Crippen LogP contribution in [-0.4, -0.2) is 24.1 Å². The molecule has 0 spiro atoms. The van der Waals surface area contributed by atoms with Crippen LogP contribution < -0.4 is 0 Å². The molecule has 1 aliphatic carbocycles. The van der Waals surface area contributed by atoms with Crippen LogP contribution in [0.2, 0.25) is 0 Å².